The molecule has 20 heavy (non-hydrogen) atoms. The number of aliphatic carboxylic acids is 1. The Morgan fingerprint density at radius 3 is 2.65 bits per heavy atom. The van der Waals surface area contributed by atoms with Crippen LogP contribution in [0.4, 0.5) is 0 Å². The van der Waals surface area contributed by atoms with Gasteiger partial charge in [-0.1, -0.05) is 6.92 Å². The lowest BCUT2D eigenvalue weighted by Crippen LogP contribution is -2.10. The summed E-state index contributed by atoms with van der Waals surface area (Å²) in [4.78, 5) is 12.4. The summed E-state index contributed by atoms with van der Waals surface area (Å²) in [5, 5.41) is 9.17. The summed E-state index contributed by atoms with van der Waals surface area (Å²) >= 11 is 1.72. The van der Waals surface area contributed by atoms with Crippen molar-refractivity contribution < 1.29 is 14.6 Å². The van der Waals surface area contributed by atoms with Crippen LogP contribution in [0.15, 0.2) is 17.0 Å². The van der Waals surface area contributed by atoms with E-state index in [1.165, 1.54) is 10.5 Å². The number of thioether (sulfide) groups is 1. The van der Waals surface area contributed by atoms with E-state index in [1.807, 2.05) is 0 Å². The highest BCUT2D eigenvalue weighted by molar-refractivity contribution is 7.98. The minimum atomic E-state index is -0.728. The number of rotatable bonds is 7. The number of aryl methyl sites for hydroxylation is 1. The van der Waals surface area contributed by atoms with Crippen molar-refractivity contribution in [3.63, 3.8) is 0 Å². The minimum absolute atomic E-state index is 0.0826. The molecule has 1 aliphatic carbocycles. The molecule has 1 atom stereocenters. The van der Waals surface area contributed by atoms with E-state index in [2.05, 4.69) is 25.3 Å². The molecule has 0 amide bonds. The summed E-state index contributed by atoms with van der Waals surface area (Å²) in [6.45, 7) is 2.13. The van der Waals surface area contributed by atoms with Gasteiger partial charge in [0.2, 0.25) is 0 Å². The predicted octanol–water partition coefficient (Wildman–Crippen LogP) is 3.95. The number of ether oxygens (including phenoxy) is 1. The van der Waals surface area contributed by atoms with Gasteiger partial charge in [-0.05, 0) is 54.7 Å². The molecule has 1 saturated carbocycles. The van der Waals surface area contributed by atoms with Gasteiger partial charge >= 0.3 is 5.97 Å². The van der Waals surface area contributed by atoms with Gasteiger partial charge < -0.3 is 9.84 Å². The van der Waals surface area contributed by atoms with Gasteiger partial charge in [0.25, 0.3) is 0 Å². The molecule has 0 aromatic heterocycles. The monoisotopic (exact) mass is 294 g/mol. The average Bonchev–Trinajstić information content (AvgIpc) is 3.27. The maximum absolute atomic E-state index is 11.1. The lowest BCUT2D eigenvalue weighted by molar-refractivity contribution is -0.137. The van der Waals surface area contributed by atoms with Crippen LogP contribution in [0.25, 0.3) is 0 Å². The Balaban J connectivity index is 2.43. The molecule has 1 aromatic rings. The fourth-order valence-corrected chi connectivity index (χ4v) is 3.48. The van der Waals surface area contributed by atoms with E-state index in [-0.39, 0.29) is 12.3 Å². The molecule has 0 spiro atoms. The predicted molar refractivity (Wildman–Crippen MR) is 81.9 cm³/mol. The molecule has 0 saturated heterocycles. The van der Waals surface area contributed by atoms with Crippen LogP contribution in [-0.2, 0) is 11.2 Å². The third-order valence-corrected chi connectivity index (χ3v) is 4.82. The zero-order chi connectivity index (χ0) is 14.7. The Labute approximate surface area is 124 Å². The van der Waals surface area contributed by atoms with E-state index in [9.17, 15) is 4.79 Å². The van der Waals surface area contributed by atoms with E-state index in [4.69, 9.17) is 9.84 Å². The maximum Gasteiger partial charge on any atom is 0.303 e. The molecule has 1 aliphatic rings. The first-order chi connectivity index (χ1) is 9.60. The smallest absolute Gasteiger partial charge is 0.303 e. The molecule has 1 fully saturated rings. The summed E-state index contributed by atoms with van der Waals surface area (Å²) in [7, 11) is 1.67. The fraction of sp³-hybridized carbons (Fsp3) is 0.562. The summed E-state index contributed by atoms with van der Waals surface area (Å²) in [5.74, 6) is 0.702. The minimum Gasteiger partial charge on any atom is -0.496 e. The number of hydrogen-bond acceptors (Lipinski definition) is 3. The number of carboxylic acid groups (broad SMARTS) is 1. The molecule has 1 N–H and O–H groups in total. The van der Waals surface area contributed by atoms with Crippen LogP contribution in [0.1, 0.15) is 43.2 Å². The molecule has 1 unspecified atom stereocenters. The second-order valence-electron chi connectivity index (χ2n) is 5.30. The number of hydrogen-bond donors (Lipinski definition) is 1. The lowest BCUT2D eigenvalue weighted by atomic mass is 9.89. The lowest BCUT2D eigenvalue weighted by Gasteiger charge is -2.20. The number of carboxylic acids is 1. The first kappa shape index (κ1) is 15.2. The molecule has 3 nitrogen and oxygen atoms in total. The van der Waals surface area contributed by atoms with Crippen LogP contribution in [0, 0.1) is 5.92 Å². The normalized spacial score (nSPS) is 15.9. The van der Waals surface area contributed by atoms with Crippen LogP contribution in [0.2, 0.25) is 0 Å². The van der Waals surface area contributed by atoms with E-state index in [0.717, 1.165) is 30.6 Å². The SMILES string of the molecule is CCc1cc(OC)c(C(CC(=O)O)C2CC2)cc1SC. The van der Waals surface area contributed by atoms with Gasteiger partial charge in [0.1, 0.15) is 5.75 Å². The molecular formula is C16H22O3S. The molecule has 0 heterocycles. The Morgan fingerprint density at radius 1 is 1.50 bits per heavy atom. The number of carbonyl (C=O) groups is 1. The quantitative estimate of drug-likeness (QED) is 0.774. The van der Waals surface area contributed by atoms with Crippen molar-refractivity contribution in [2.24, 2.45) is 5.92 Å². The van der Waals surface area contributed by atoms with E-state index in [0.29, 0.717) is 5.92 Å². The number of benzene rings is 1. The van der Waals surface area contributed by atoms with Crippen molar-refractivity contribution in [2.45, 2.75) is 43.4 Å². The highest BCUT2D eigenvalue weighted by Crippen LogP contribution is 2.48. The number of methoxy groups -OCH3 is 1. The van der Waals surface area contributed by atoms with Crippen LogP contribution in [-0.4, -0.2) is 24.4 Å². The van der Waals surface area contributed by atoms with Gasteiger partial charge in [-0.15, -0.1) is 11.8 Å². The highest BCUT2D eigenvalue weighted by Gasteiger charge is 2.35. The van der Waals surface area contributed by atoms with Gasteiger partial charge in [0, 0.05) is 10.8 Å². The van der Waals surface area contributed by atoms with Crippen LogP contribution >= 0.6 is 11.8 Å². The van der Waals surface area contributed by atoms with Crippen molar-refractivity contribution in [2.75, 3.05) is 13.4 Å². The van der Waals surface area contributed by atoms with Gasteiger partial charge in [-0.2, -0.15) is 0 Å². The summed E-state index contributed by atoms with van der Waals surface area (Å²) in [5.41, 5.74) is 2.34. The van der Waals surface area contributed by atoms with Crippen molar-refractivity contribution in [1.29, 1.82) is 0 Å². The van der Waals surface area contributed by atoms with E-state index in [1.54, 1.807) is 18.9 Å². The maximum atomic E-state index is 11.1. The fourth-order valence-electron chi connectivity index (χ4n) is 2.77. The van der Waals surface area contributed by atoms with Crippen molar-refractivity contribution in [3.05, 3.63) is 23.3 Å². The zero-order valence-electron chi connectivity index (χ0n) is 12.3. The second kappa shape index (κ2) is 6.53. The van der Waals surface area contributed by atoms with Crippen molar-refractivity contribution >= 4 is 17.7 Å². The topological polar surface area (TPSA) is 46.5 Å². The summed E-state index contributed by atoms with van der Waals surface area (Å²) < 4.78 is 5.53. The van der Waals surface area contributed by atoms with E-state index < -0.39 is 5.97 Å². The first-order valence-corrected chi connectivity index (χ1v) is 8.29. The molecule has 2 rings (SSSR count). The molecular weight excluding hydrogens is 272 g/mol. The highest BCUT2D eigenvalue weighted by atomic mass is 32.2. The van der Waals surface area contributed by atoms with Gasteiger partial charge in [0.05, 0.1) is 13.5 Å². The van der Waals surface area contributed by atoms with Gasteiger partial charge in [-0.3, -0.25) is 4.79 Å². The molecule has 0 bridgehead atoms. The summed E-state index contributed by atoms with van der Waals surface area (Å²) in [6, 6.07) is 4.23. The zero-order valence-corrected chi connectivity index (χ0v) is 13.1. The van der Waals surface area contributed by atoms with Crippen LogP contribution in [0.3, 0.4) is 0 Å². The largest absolute Gasteiger partial charge is 0.496 e. The summed E-state index contributed by atoms with van der Waals surface area (Å²) in [6.07, 6.45) is 5.48. The average molecular weight is 294 g/mol. The second-order valence-corrected chi connectivity index (χ2v) is 6.15. The molecule has 0 radical (unpaired) electrons. The third kappa shape index (κ3) is 3.29. The Morgan fingerprint density at radius 2 is 2.20 bits per heavy atom. The molecule has 4 heteroatoms. The Hall–Kier alpha value is -1.16. The molecule has 0 aliphatic heterocycles. The Bertz CT molecular complexity index is 495. The van der Waals surface area contributed by atoms with Gasteiger partial charge in [-0.25, -0.2) is 0 Å². The standard InChI is InChI=1S/C16H22O3S/c1-4-10-7-14(19-2)13(8-15(10)20-3)12(9-16(17)18)11-5-6-11/h7-8,11-12H,4-6,9H2,1-3H3,(H,17,18). The molecule has 110 valence electrons. The Kier molecular flexibility index (Phi) is 4.97. The van der Waals surface area contributed by atoms with Crippen molar-refractivity contribution in [1.82, 2.24) is 0 Å². The van der Waals surface area contributed by atoms with Crippen LogP contribution < -0.4 is 4.74 Å². The first-order valence-electron chi connectivity index (χ1n) is 7.07. The molecule has 1 aromatic carbocycles. The van der Waals surface area contributed by atoms with Gasteiger partial charge in [0.15, 0.2) is 0 Å². The van der Waals surface area contributed by atoms with E-state index >= 15 is 0 Å². The van der Waals surface area contributed by atoms with Crippen LogP contribution in [0.5, 0.6) is 5.75 Å². The van der Waals surface area contributed by atoms with Crippen molar-refractivity contribution in [3.8, 4) is 5.75 Å². The third-order valence-electron chi connectivity index (χ3n) is 4.00.